The summed E-state index contributed by atoms with van der Waals surface area (Å²) in [7, 11) is 1.35. The van der Waals surface area contributed by atoms with Crippen LogP contribution in [0.4, 0.5) is 0 Å². The molecule has 0 radical (unpaired) electrons. The molecule has 0 amide bonds. The van der Waals surface area contributed by atoms with Crippen LogP contribution in [0.5, 0.6) is 17.2 Å². The number of fused-ring (bicyclic) bond motifs is 3. The molecule has 12 nitrogen and oxygen atoms in total. The molecule has 280 valence electrons. The molecular weight excluding hydrogens is 646 g/mol. The van der Waals surface area contributed by atoms with Gasteiger partial charge in [0.05, 0.1) is 36.0 Å². The van der Waals surface area contributed by atoms with Crippen molar-refractivity contribution in [3.8, 4) is 17.2 Å². The number of benzene rings is 2. The number of carbonyl (C=O) groups is 3. The highest BCUT2D eigenvalue weighted by Crippen LogP contribution is 2.48. The number of Topliss-reactive ketones (excluding diaryl/α,β-unsaturated/α-hetero) is 1. The zero-order valence-electron chi connectivity index (χ0n) is 30.8. The quantitative estimate of drug-likeness (QED) is 0.150. The molecule has 3 aliphatic rings. The Labute approximate surface area is 295 Å². The summed E-state index contributed by atoms with van der Waals surface area (Å²) in [6.45, 7) is 18.2. The molecule has 5 rings (SSSR count). The number of nitrogens with two attached hydrogens (primary N) is 1. The SMILES string of the molecule is C=C/C=C/C.CC.CC.CC.CC1OC(O)CC(N)C1O.COc1cccc2c1C(=O)c1c(O)c3c(c(O)c1C2=O)C[C@@](O)(C(=O)CO)CC3. The molecule has 1 saturated heterocycles. The molecule has 4 unspecified atom stereocenters. The minimum Gasteiger partial charge on any atom is -0.507 e. The van der Waals surface area contributed by atoms with Gasteiger partial charge in [-0.15, -0.1) is 0 Å². The van der Waals surface area contributed by atoms with Crippen LogP contribution in [0.2, 0.25) is 0 Å². The number of aliphatic hydroxyl groups is 4. The van der Waals surface area contributed by atoms with Crippen LogP contribution >= 0.6 is 0 Å². The Bertz CT molecular complexity index is 1460. The van der Waals surface area contributed by atoms with E-state index in [1.54, 1.807) is 13.0 Å². The number of allylic oxidation sites excluding steroid dienone is 3. The van der Waals surface area contributed by atoms with Gasteiger partial charge in [-0.2, -0.15) is 0 Å². The highest BCUT2D eigenvalue weighted by Gasteiger charge is 2.45. The number of ether oxygens (including phenoxy) is 2. The summed E-state index contributed by atoms with van der Waals surface area (Å²) in [5, 5.41) is 59.5. The molecule has 8 N–H and O–H groups in total. The first-order valence-corrected chi connectivity index (χ1v) is 17.0. The Hall–Kier alpha value is -3.91. The predicted octanol–water partition coefficient (Wildman–Crippen LogP) is 4.29. The number of phenolic OH excluding ortho intramolecular Hbond substituents is 2. The van der Waals surface area contributed by atoms with Crippen molar-refractivity contribution < 1.29 is 54.5 Å². The average Bonchev–Trinajstić information content (AvgIpc) is 3.13. The highest BCUT2D eigenvalue weighted by atomic mass is 16.6. The minimum atomic E-state index is -1.93. The molecular formula is C38H57NO11. The summed E-state index contributed by atoms with van der Waals surface area (Å²) in [4.78, 5) is 38.2. The Balaban J connectivity index is 0.000000943. The smallest absolute Gasteiger partial charge is 0.202 e. The van der Waals surface area contributed by atoms with E-state index in [0.717, 1.165) is 0 Å². The number of aromatic hydroxyl groups is 2. The molecule has 12 heteroatoms. The Morgan fingerprint density at radius 1 is 1.02 bits per heavy atom. The second kappa shape index (κ2) is 22.0. The van der Waals surface area contributed by atoms with E-state index in [1.807, 2.05) is 60.6 Å². The fourth-order valence-electron chi connectivity index (χ4n) is 5.45. The maximum Gasteiger partial charge on any atom is 0.202 e. The number of carbonyl (C=O) groups excluding carboxylic acids is 3. The third kappa shape index (κ3) is 10.3. The van der Waals surface area contributed by atoms with Crippen LogP contribution in [0.3, 0.4) is 0 Å². The molecule has 5 atom stereocenters. The van der Waals surface area contributed by atoms with Gasteiger partial charge >= 0.3 is 0 Å². The lowest BCUT2D eigenvalue weighted by atomic mass is 9.73. The largest absolute Gasteiger partial charge is 0.507 e. The van der Waals surface area contributed by atoms with E-state index in [0.29, 0.717) is 6.42 Å². The summed E-state index contributed by atoms with van der Waals surface area (Å²) >= 11 is 0. The van der Waals surface area contributed by atoms with Gasteiger partial charge in [0.25, 0.3) is 0 Å². The standard InChI is InChI=1S/C21H18O8.C6H13NO3.C5H8.3C2H6/c1-29-12-4-2-3-10-14(12)20(27)16-15(18(10)25)19(26)11-7-21(28,13(23)8-22)6-5-9(11)17(16)24;1-3-6(9)4(7)2-5(8)10-3;1-3-5-4-2;3*1-2/h2-4,22,24,26,28H,5-8H2,1H3;3-6,8-9H,2,7H2,1H3;3-5H,1H2,2H3;3*1-2H3/b;;5-4+;;;/t21-;;;;;/m1...../s1. The fraction of sp³-hybridized carbons (Fsp3) is 0.500. The van der Waals surface area contributed by atoms with Gasteiger partial charge in [-0.3, -0.25) is 14.4 Å². The average molecular weight is 704 g/mol. The van der Waals surface area contributed by atoms with Crippen LogP contribution in [-0.4, -0.2) is 91.8 Å². The molecule has 2 aromatic rings. The first kappa shape index (κ1) is 46.1. The fourth-order valence-corrected chi connectivity index (χ4v) is 5.45. The normalized spacial score (nSPS) is 22.7. The van der Waals surface area contributed by atoms with Gasteiger partial charge in [0.2, 0.25) is 5.78 Å². The number of aliphatic hydroxyl groups excluding tert-OH is 3. The van der Waals surface area contributed by atoms with Crippen LogP contribution in [0.25, 0.3) is 0 Å². The van der Waals surface area contributed by atoms with E-state index in [-0.39, 0.29) is 70.5 Å². The van der Waals surface area contributed by atoms with Crippen LogP contribution in [-0.2, 0) is 22.4 Å². The summed E-state index contributed by atoms with van der Waals surface area (Å²) in [6, 6.07) is 4.11. The molecule has 1 aliphatic heterocycles. The monoisotopic (exact) mass is 703 g/mol. The van der Waals surface area contributed by atoms with E-state index in [2.05, 4.69) is 6.58 Å². The van der Waals surface area contributed by atoms with E-state index in [1.165, 1.54) is 25.3 Å². The van der Waals surface area contributed by atoms with Gasteiger partial charge in [-0.25, -0.2) is 0 Å². The second-order valence-electron chi connectivity index (χ2n) is 10.7. The third-order valence-electron chi connectivity index (χ3n) is 7.85. The highest BCUT2D eigenvalue weighted by molar-refractivity contribution is 6.31. The van der Waals surface area contributed by atoms with Crippen molar-refractivity contribution in [2.45, 2.75) is 111 Å². The summed E-state index contributed by atoms with van der Waals surface area (Å²) in [5.41, 5.74) is 3.09. The molecule has 2 aliphatic carbocycles. The Morgan fingerprint density at radius 2 is 1.58 bits per heavy atom. The topological polar surface area (TPSA) is 217 Å². The lowest BCUT2D eigenvalue weighted by Crippen LogP contribution is -2.51. The maximum atomic E-state index is 13.1. The summed E-state index contributed by atoms with van der Waals surface area (Å²) in [5.74, 6) is -2.99. The molecule has 0 spiro atoms. The number of rotatable bonds is 4. The Morgan fingerprint density at radius 3 is 2.06 bits per heavy atom. The van der Waals surface area contributed by atoms with Gasteiger partial charge < -0.3 is 45.8 Å². The first-order chi connectivity index (χ1) is 23.8. The second-order valence-corrected chi connectivity index (χ2v) is 10.7. The third-order valence-corrected chi connectivity index (χ3v) is 7.85. The van der Waals surface area contributed by atoms with Gasteiger partial charge in [0, 0.05) is 35.6 Å². The molecule has 0 aromatic heterocycles. The van der Waals surface area contributed by atoms with Crippen molar-refractivity contribution in [2.24, 2.45) is 5.73 Å². The van der Waals surface area contributed by atoms with Crippen molar-refractivity contribution in [3.63, 3.8) is 0 Å². The van der Waals surface area contributed by atoms with Crippen molar-refractivity contribution in [1.82, 2.24) is 0 Å². The lowest BCUT2D eigenvalue weighted by Gasteiger charge is -2.34. The lowest BCUT2D eigenvalue weighted by molar-refractivity contribution is -0.198. The zero-order chi connectivity index (χ0) is 38.9. The van der Waals surface area contributed by atoms with E-state index >= 15 is 0 Å². The van der Waals surface area contributed by atoms with Crippen LogP contribution in [0.15, 0.2) is 43.0 Å². The predicted molar refractivity (Wildman–Crippen MR) is 193 cm³/mol. The summed E-state index contributed by atoms with van der Waals surface area (Å²) < 4.78 is 10.1. The Kier molecular flexibility index (Phi) is 20.3. The van der Waals surface area contributed by atoms with E-state index < -0.39 is 53.5 Å². The van der Waals surface area contributed by atoms with E-state index in [9.17, 15) is 34.8 Å². The molecule has 2 aromatic carbocycles. The van der Waals surface area contributed by atoms with Gasteiger partial charge in [0.15, 0.2) is 17.9 Å². The van der Waals surface area contributed by atoms with E-state index in [4.69, 9.17) is 25.4 Å². The maximum absolute atomic E-state index is 13.1. The van der Waals surface area contributed by atoms with Crippen molar-refractivity contribution in [3.05, 3.63) is 76.4 Å². The summed E-state index contributed by atoms with van der Waals surface area (Å²) in [6.07, 6.45) is 3.55. The van der Waals surface area contributed by atoms with Gasteiger partial charge in [-0.1, -0.05) is 78.5 Å². The van der Waals surface area contributed by atoms with Crippen LogP contribution in [0.1, 0.15) is 111 Å². The van der Waals surface area contributed by atoms with Crippen molar-refractivity contribution in [2.75, 3.05) is 13.7 Å². The molecule has 1 heterocycles. The first-order valence-electron chi connectivity index (χ1n) is 17.0. The van der Waals surface area contributed by atoms with Crippen molar-refractivity contribution in [1.29, 1.82) is 0 Å². The molecule has 0 saturated carbocycles. The van der Waals surface area contributed by atoms with Crippen LogP contribution in [0, 0.1) is 0 Å². The zero-order valence-corrected chi connectivity index (χ0v) is 30.8. The number of methoxy groups -OCH3 is 1. The van der Waals surface area contributed by atoms with Gasteiger partial charge in [0.1, 0.15) is 29.5 Å². The van der Waals surface area contributed by atoms with Gasteiger partial charge in [-0.05, 0) is 32.8 Å². The number of hydrogen-bond donors (Lipinski definition) is 7. The molecule has 50 heavy (non-hydrogen) atoms. The van der Waals surface area contributed by atoms with Crippen molar-refractivity contribution >= 4 is 17.3 Å². The number of phenols is 2. The number of hydrogen-bond acceptors (Lipinski definition) is 12. The molecule has 1 fully saturated rings. The van der Waals surface area contributed by atoms with Crippen LogP contribution < -0.4 is 10.5 Å². The molecule has 0 bridgehead atoms. The number of ketones is 3. The minimum absolute atomic E-state index is 0.00456.